The number of hydrogen-bond acceptors (Lipinski definition) is 8. The molecule has 4 aromatic heterocycles. The number of aromatic amines is 1. The molecule has 0 saturated heterocycles. The van der Waals surface area contributed by atoms with Gasteiger partial charge in [-0.2, -0.15) is 0 Å². The van der Waals surface area contributed by atoms with Crippen molar-refractivity contribution in [3.8, 4) is 44.8 Å². The van der Waals surface area contributed by atoms with Crippen molar-refractivity contribution < 1.29 is 35.0 Å². The standard InChI is InChI=1S/C21H17N3OS.C20H15N3O2.Na.H2O/c1-24-20(25)18(17-8-7-14-5-3-4-6-16(14)13-17)19(23-21(24)26-2)15-9-11-22-12-10-15;1-23-19(24)17(16-7-6-13-4-2-3-5-15(13)12-16)18(22-20(23)25)14-8-10-21-11-9-14;;/h3-13H,1-2H3;2-12H,1H3,(H,22,25);;1H2/q;;+1;/p-1. The van der Waals surface area contributed by atoms with Crippen LogP contribution in [0.15, 0.2) is 154 Å². The van der Waals surface area contributed by atoms with Crippen molar-refractivity contribution in [1.29, 1.82) is 0 Å². The molecule has 53 heavy (non-hydrogen) atoms. The average molecular weight is 729 g/mol. The van der Waals surface area contributed by atoms with Crippen LogP contribution in [0.5, 0.6) is 0 Å². The van der Waals surface area contributed by atoms with E-state index in [9.17, 15) is 14.4 Å². The monoisotopic (exact) mass is 728 g/mol. The molecular formula is C41H33N6NaO4S. The van der Waals surface area contributed by atoms with Crippen LogP contribution >= 0.6 is 11.8 Å². The Hall–Kier alpha value is -5.43. The summed E-state index contributed by atoms with van der Waals surface area (Å²) >= 11 is 1.46. The number of hydrogen-bond donors (Lipinski definition) is 1. The smallest absolute Gasteiger partial charge is 0.870 e. The largest absolute Gasteiger partial charge is 1.00 e. The topological polar surface area (TPSA) is 146 Å². The molecule has 4 heterocycles. The third-order valence-corrected chi connectivity index (χ3v) is 9.47. The minimum absolute atomic E-state index is 0. The van der Waals surface area contributed by atoms with Gasteiger partial charge < -0.3 is 10.5 Å². The summed E-state index contributed by atoms with van der Waals surface area (Å²) in [6, 6.07) is 35.3. The Morgan fingerprint density at radius 1 is 0.566 bits per heavy atom. The molecule has 8 rings (SSSR count). The van der Waals surface area contributed by atoms with E-state index >= 15 is 0 Å². The summed E-state index contributed by atoms with van der Waals surface area (Å²) in [4.78, 5) is 53.8. The zero-order valence-electron chi connectivity index (χ0n) is 29.5. The Morgan fingerprint density at radius 2 is 1.04 bits per heavy atom. The van der Waals surface area contributed by atoms with E-state index in [1.807, 2.05) is 85.1 Å². The number of aromatic nitrogens is 6. The van der Waals surface area contributed by atoms with Crippen LogP contribution in [0.2, 0.25) is 0 Å². The van der Waals surface area contributed by atoms with Gasteiger partial charge >= 0.3 is 35.2 Å². The number of thioether (sulfide) groups is 1. The fraction of sp³-hybridized carbons (Fsp3) is 0.0732. The van der Waals surface area contributed by atoms with Crippen molar-refractivity contribution >= 4 is 33.3 Å². The Morgan fingerprint density at radius 3 is 1.57 bits per heavy atom. The van der Waals surface area contributed by atoms with Gasteiger partial charge in [-0.15, -0.1) is 0 Å². The van der Waals surface area contributed by atoms with Crippen molar-refractivity contribution in [3.63, 3.8) is 0 Å². The van der Waals surface area contributed by atoms with E-state index in [4.69, 9.17) is 4.98 Å². The first-order chi connectivity index (χ1) is 24.8. The Kier molecular flexibility index (Phi) is 12.4. The molecule has 2 N–H and O–H groups in total. The minimum Gasteiger partial charge on any atom is -0.870 e. The first-order valence-electron chi connectivity index (χ1n) is 16.1. The second-order valence-electron chi connectivity index (χ2n) is 11.8. The van der Waals surface area contributed by atoms with Crippen LogP contribution in [0.4, 0.5) is 0 Å². The Labute approximate surface area is 330 Å². The van der Waals surface area contributed by atoms with Gasteiger partial charge in [0.05, 0.1) is 22.5 Å². The molecule has 0 bridgehead atoms. The molecule has 0 aliphatic heterocycles. The molecule has 0 spiro atoms. The maximum absolute atomic E-state index is 13.2. The molecule has 0 saturated carbocycles. The van der Waals surface area contributed by atoms with Crippen LogP contribution in [-0.2, 0) is 14.1 Å². The maximum atomic E-state index is 13.2. The number of H-pyrrole nitrogens is 1. The summed E-state index contributed by atoms with van der Waals surface area (Å²) < 4.78 is 2.70. The van der Waals surface area contributed by atoms with Gasteiger partial charge in [0.2, 0.25) is 0 Å². The second kappa shape index (κ2) is 16.9. The van der Waals surface area contributed by atoms with Crippen LogP contribution < -0.4 is 46.4 Å². The van der Waals surface area contributed by atoms with Crippen LogP contribution in [0.3, 0.4) is 0 Å². The SMILES string of the molecule is CSc1nc(-c2ccncc2)c(-c2ccc3ccccc3c2)c(=O)n1C.Cn1c(=O)[nH]c(-c2ccncc2)c(-c2ccc3ccccc3c2)c1=O.[Na+].[OH-]. The number of benzene rings is 4. The zero-order valence-corrected chi connectivity index (χ0v) is 32.3. The van der Waals surface area contributed by atoms with Crippen molar-refractivity contribution in [2.24, 2.45) is 14.1 Å². The van der Waals surface area contributed by atoms with Gasteiger partial charge in [0, 0.05) is 50.0 Å². The molecule has 4 aromatic carbocycles. The van der Waals surface area contributed by atoms with Gasteiger partial charge in [-0.25, -0.2) is 9.78 Å². The second-order valence-corrected chi connectivity index (χ2v) is 12.6. The van der Waals surface area contributed by atoms with E-state index in [-0.39, 0.29) is 46.2 Å². The van der Waals surface area contributed by atoms with Crippen molar-refractivity contribution in [3.05, 3.63) is 165 Å². The van der Waals surface area contributed by atoms with Crippen LogP contribution in [0, 0.1) is 0 Å². The summed E-state index contributed by atoms with van der Waals surface area (Å²) in [5, 5.41) is 5.06. The van der Waals surface area contributed by atoms with Gasteiger partial charge in [0.25, 0.3) is 11.1 Å². The van der Waals surface area contributed by atoms with Gasteiger partial charge in [-0.05, 0) is 75.3 Å². The predicted octanol–water partition coefficient (Wildman–Crippen LogP) is 4.17. The minimum atomic E-state index is -0.443. The van der Waals surface area contributed by atoms with E-state index in [0.29, 0.717) is 27.7 Å². The molecule has 0 fully saturated rings. The Bertz CT molecular complexity index is 2730. The Balaban J connectivity index is 0.000000197. The summed E-state index contributed by atoms with van der Waals surface area (Å²) in [5.74, 6) is 0. The molecule has 0 aliphatic rings. The number of rotatable bonds is 5. The maximum Gasteiger partial charge on any atom is 1.00 e. The van der Waals surface area contributed by atoms with E-state index in [1.165, 1.54) is 18.8 Å². The molecule has 12 heteroatoms. The first kappa shape index (κ1) is 38.8. The molecule has 0 atom stereocenters. The fourth-order valence-corrected chi connectivity index (χ4v) is 6.60. The number of pyridine rings is 2. The third-order valence-electron chi connectivity index (χ3n) is 8.74. The number of nitrogens with one attached hydrogen (secondary N) is 1. The van der Waals surface area contributed by atoms with Gasteiger partial charge in [0.1, 0.15) is 0 Å². The summed E-state index contributed by atoms with van der Waals surface area (Å²) in [7, 11) is 3.24. The fourth-order valence-electron chi connectivity index (χ4n) is 6.06. The molecular weight excluding hydrogens is 696 g/mol. The van der Waals surface area contributed by atoms with Crippen molar-refractivity contribution in [2.75, 3.05) is 6.26 Å². The zero-order chi connectivity index (χ0) is 35.5. The van der Waals surface area contributed by atoms with Gasteiger partial charge in [-0.1, -0.05) is 84.6 Å². The summed E-state index contributed by atoms with van der Waals surface area (Å²) in [5.41, 5.74) is 4.73. The average Bonchev–Trinajstić information content (AvgIpc) is 3.18. The third kappa shape index (κ3) is 7.85. The molecule has 258 valence electrons. The van der Waals surface area contributed by atoms with Crippen LogP contribution in [-0.4, -0.2) is 40.8 Å². The molecule has 0 amide bonds. The molecule has 0 aliphatic carbocycles. The predicted molar refractivity (Wildman–Crippen MR) is 208 cm³/mol. The van der Waals surface area contributed by atoms with Crippen LogP contribution in [0.25, 0.3) is 66.3 Å². The van der Waals surface area contributed by atoms with E-state index in [2.05, 4.69) is 33.2 Å². The molecule has 8 aromatic rings. The van der Waals surface area contributed by atoms with Crippen molar-refractivity contribution in [2.45, 2.75) is 5.16 Å². The molecule has 10 nitrogen and oxygen atoms in total. The van der Waals surface area contributed by atoms with Gasteiger partial charge in [0.15, 0.2) is 5.16 Å². The number of fused-ring (bicyclic) bond motifs is 2. The van der Waals surface area contributed by atoms with Gasteiger partial charge in [-0.3, -0.25) is 28.7 Å². The van der Waals surface area contributed by atoms with E-state index < -0.39 is 5.69 Å². The quantitative estimate of drug-likeness (QED) is 0.158. The summed E-state index contributed by atoms with van der Waals surface area (Å²) in [6.07, 6.45) is 8.63. The number of nitrogens with zero attached hydrogens (tertiary/aromatic N) is 5. The van der Waals surface area contributed by atoms with E-state index in [0.717, 1.165) is 48.4 Å². The first-order valence-corrected chi connectivity index (χ1v) is 17.3. The summed E-state index contributed by atoms with van der Waals surface area (Å²) in [6.45, 7) is 0. The van der Waals surface area contributed by atoms with Crippen LogP contribution in [0.1, 0.15) is 0 Å². The molecule has 0 unspecified atom stereocenters. The van der Waals surface area contributed by atoms with Crippen molar-refractivity contribution in [1.82, 2.24) is 29.1 Å². The molecule has 0 radical (unpaired) electrons. The van der Waals surface area contributed by atoms with E-state index in [1.54, 1.807) is 48.5 Å². The normalized spacial score (nSPS) is 10.5.